The van der Waals surface area contributed by atoms with Crippen molar-refractivity contribution in [3.8, 4) is 0 Å². The topological polar surface area (TPSA) is 52.6 Å². The van der Waals surface area contributed by atoms with Crippen LogP contribution < -0.4 is 5.30 Å². The Morgan fingerprint density at radius 3 is 2.61 bits per heavy atom. The van der Waals surface area contributed by atoms with Crippen LogP contribution in [0.2, 0.25) is 0 Å². The minimum absolute atomic E-state index is 0.313. The number of carbonyl (C=O) groups excluding carboxylic acids is 1. The zero-order chi connectivity index (χ0) is 13.4. The summed E-state index contributed by atoms with van der Waals surface area (Å²) in [4.78, 5) is 11.7. The summed E-state index contributed by atoms with van der Waals surface area (Å²) in [5.74, 6) is -0.414. The summed E-state index contributed by atoms with van der Waals surface area (Å²) in [6.45, 7) is 5.01. The monoisotopic (exact) mass is 270 g/mol. The van der Waals surface area contributed by atoms with Gasteiger partial charge in [-0.3, -0.25) is 0 Å². The van der Waals surface area contributed by atoms with Gasteiger partial charge in [-0.1, -0.05) is 18.2 Å². The second-order valence-corrected chi connectivity index (χ2v) is 5.52. The fourth-order valence-electron chi connectivity index (χ4n) is 1.56. The highest BCUT2D eigenvalue weighted by Gasteiger charge is 2.15. The molecule has 0 amide bonds. The SMILES string of the molecule is CCOCC[PH](=O)c1ccccc1C(=O)OCC. The van der Waals surface area contributed by atoms with Gasteiger partial charge in [-0.25, -0.2) is 4.79 Å². The minimum atomic E-state index is -2.01. The fraction of sp³-hybridized carbons (Fsp3) is 0.462. The average molecular weight is 270 g/mol. The van der Waals surface area contributed by atoms with Crippen molar-refractivity contribution in [1.29, 1.82) is 0 Å². The third-order valence-corrected chi connectivity index (χ3v) is 4.10. The normalized spacial score (nSPS) is 12.1. The molecule has 1 atom stereocenters. The largest absolute Gasteiger partial charge is 0.462 e. The molecule has 0 aliphatic heterocycles. The summed E-state index contributed by atoms with van der Waals surface area (Å²) in [6.07, 6.45) is 0.453. The molecule has 0 aliphatic carbocycles. The number of hydrogen-bond acceptors (Lipinski definition) is 4. The van der Waals surface area contributed by atoms with E-state index in [2.05, 4.69) is 0 Å². The van der Waals surface area contributed by atoms with Crippen molar-refractivity contribution in [2.45, 2.75) is 13.8 Å². The molecule has 0 aliphatic rings. The first-order valence-electron chi connectivity index (χ1n) is 6.07. The van der Waals surface area contributed by atoms with Gasteiger partial charge in [0.25, 0.3) is 0 Å². The minimum Gasteiger partial charge on any atom is -0.462 e. The van der Waals surface area contributed by atoms with Crippen LogP contribution in [0.25, 0.3) is 0 Å². The summed E-state index contributed by atoms with van der Waals surface area (Å²) in [5.41, 5.74) is 0.403. The predicted molar refractivity (Wildman–Crippen MR) is 72.4 cm³/mol. The van der Waals surface area contributed by atoms with E-state index < -0.39 is 13.8 Å². The molecule has 1 aromatic carbocycles. The van der Waals surface area contributed by atoms with E-state index in [4.69, 9.17) is 9.47 Å². The highest BCUT2D eigenvalue weighted by atomic mass is 31.1. The number of ether oxygens (including phenoxy) is 2. The maximum absolute atomic E-state index is 12.1. The Balaban J connectivity index is 2.81. The molecule has 1 rings (SSSR count). The summed E-state index contributed by atoms with van der Waals surface area (Å²) >= 11 is 0. The Bertz CT molecular complexity index is 417. The smallest absolute Gasteiger partial charge is 0.338 e. The maximum atomic E-state index is 12.1. The van der Waals surface area contributed by atoms with Gasteiger partial charge >= 0.3 is 5.97 Å². The lowest BCUT2D eigenvalue weighted by atomic mass is 10.2. The molecule has 0 saturated heterocycles. The first kappa shape index (κ1) is 14.9. The third-order valence-electron chi connectivity index (χ3n) is 2.40. The van der Waals surface area contributed by atoms with Crippen LogP contribution in [0.5, 0.6) is 0 Å². The summed E-state index contributed by atoms with van der Waals surface area (Å²) < 4.78 is 22.3. The number of benzene rings is 1. The number of carbonyl (C=O) groups is 1. The van der Waals surface area contributed by atoms with E-state index in [1.54, 1.807) is 31.2 Å². The molecule has 0 N–H and O–H groups in total. The van der Waals surface area contributed by atoms with E-state index in [9.17, 15) is 9.36 Å². The Morgan fingerprint density at radius 1 is 1.22 bits per heavy atom. The van der Waals surface area contributed by atoms with Gasteiger partial charge in [0.05, 0.1) is 18.8 Å². The van der Waals surface area contributed by atoms with E-state index in [1.165, 1.54) is 0 Å². The maximum Gasteiger partial charge on any atom is 0.338 e. The molecule has 1 aromatic rings. The molecule has 4 nitrogen and oxygen atoms in total. The summed E-state index contributed by atoms with van der Waals surface area (Å²) in [7, 11) is -2.01. The van der Waals surface area contributed by atoms with E-state index in [0.717, 1.165) is 0 Å². The predicted octanol–water partition coefficient (Wildman–Crippen LogP) is 2.08. The van der Waals surface area contributed by atoms with E-state index in [-0.39, 0.29) is 0 Å². The Labute approximate surface area is 108 Å². The zero-order valence-electron chi connectivity index (χ0n) is 10.8. The van der Waals surface area contributed by atoms with Gasteiger partial charge in [-0.2, -0.15) is 0 Å². The van der Waals surface area contributed by atoms with Gasteiger partial charge in [0.1, 0.15) is 7.80 Å². The molecule has 1 unspecified atom stereocenters. The van der Waals surface area contributed by atoms with Crippen molar-refractivity contribution in [3.05, 3.63) is 29.8 Å². The first-order valence-corrected chi connectivity index (χ1v) is 7.69. The van der Waals surface area contributed by atoms with Crippen LogP contribution in [0.15, 0.2) is 24.3 Å². The van der Waals surface area contributed by atoms with E-state index >= 15 is 0 Å². The summed E-state index contributed by atoms with van der Waals surface area (Å²) in [6, 6.07) is 6.89. The molecule has 0 radical (unpaired) electrons. The molecule has 0 spiro atoms. The van der Waals surface area contributed by atoms with Crippen molar-refractivity contribution < 1.29 is 18.8 Å². The molecule has 18 heavy (non-hydrogen) atoms. The van der Waals surface area contributed by atoms with Crippen LogP contribution in [-0.2, 0) is 14.0 Å². The Hall–Kier alpha value is -1.12. The quantitative estimate of drug-likeness (QED) is 0.432. The number of hydrogen-bond donors (Lipinski definition) is 0. The van der Waals surface area contributed by atoms with Crippen molar-refractivity contribution >= 4 is 19.1 Å². The molecular formula is C13H19O4P. The highest BCUT2D eigenvalue weighted by molar-refractivity contribution is 7.53. The lowest BCUT2D eigenvalue weighted by Crippen LogP contribution is -2.16. The lowest BCUT2D eigenvalue weighted by molar-refractivity contribution is 0.0528. The molecule has 0 aromatic heterocycles. The van der Waals surface area contributed by atoms with Crippen molar-refractivity contribution in [2.75, 3.05) is 26.0 Å². The van der Waals surface area contributed by atoms with Gasteiger partial charge in [0.15, 0.2) is 0 Å². The fourth-order valence-corrected chi connectivity index (χ4v) is 2.92. The molecule has 100 valence electrons. The molecule has 5 heteroatoms. The second kappa shape index (κ2) is 8.06. The van der Waals surface area contributed by atoms with Gasteiger partial charge in [0, 0.05) is 18.1 Å². The number of rotatable bonds is 7. The van der Waals surface area contributed by atoms with E-state index in [1.807, 2.05) is 6.92 Å². The van der Waals surface area contributed by atoms with Gasteiger partial charge in [-0.05, 0) is 19.9 Å². The molecule has 0 bridgehead atoms. The van der Waals surface area contributed by atoms with Crippen LogP contribution in [-0.4, -0.2) is 32.0 Å². The van der Waals surface area contributed by atoms with Gasteiger partial charge in [-0.15, -0.1) is 0 Å². The second-order valence-electron chi connectivity index (χ2n) is 3.64. The molecular weight excluding hydrogens is 251 g/mol. The van der Waals surface area contributed by atoms with Crippen LogP contribution in [0.3, 0.4) is 0 Å². The lowest BCUT2D eigenvalue weighted by Gasteiger charge is -2.08. The molecule has 0 saturated carbocycles. The molecule has 0 heterocycles. The van der Waals surface area contributed by atoms with Crippen molar-refractivity contribution in [3.63, 3.8) is 0 Å². The van der Waals surface area contributed by atoms with Crippen LogP contribution in [0, 0.1) is 0 Å². The van der Waals surface area contributed by atoms with Crippen LogP contribution in [0.4, 0.5) is 0 Å². The average Bonchev–Trinajstić information content (AvgIpc) is 2.39. The van der Waals surface area contributed by atoms with Crippen molar-refractivity contribution in [1.82, 2.24) is 0 Å². The van der Waals surface area contributed by atoms with Crippen LogP contribution >= 0.6 is 7.80 Å². The molecule has 0 fully saturated rings. The van der Waals surface area contributed by atoms with Gasteiger partial charge < -0.3 is 14.0 Å². The third kappa shape index (κ3) is 4.28. The zero-order valence-corrected chi connectivity index (χ0v) is 11.8. The highest BCUT2D eigenvalue weighted by Crippen LogP contribution is 2.22. The standard InChI is InChI=1S/C13H19O4P/c1-3-16-9-10-18(15)12-8-6-5-7-11(12)13(14)17-4-2/h5-8,18H,3-4,9-10H2,1-2H3. The van der Waals surface area contributed by atoms with E-state index in [0.29, 0.717) is 36.9 Å². The van der Waals surface area contributed by atoms with Crippen molar-refractivity contribution in [2.24, 2.45) is 0 Å². The number of esters is 1. The first-order chi connectivity index (χ1) is 8.70. The van der Waals surface area contributed by atoms with Crippen LogP contribution in [0.1, 0.15) is 24.2 Å². The Morgan fingerprint density at radius 2 is 1.94 bits per heavy atom. The Kier molecular flexibility index (Phi) is 6.69. The van der Waals surface area contributed by atoms with Gasteiger partial charge in [0.2, 0.25) is 0 Å². The summed E-state index contributed by atoms with van der Waals surface area (Å²) in [5, 5.41) is 0.584.